The second kappa shape index (κ2) is 4.02. The van der Waals surface area contributed by atoms with Crippen LogP contribution in [0.25, 0.3) is 0 Å². The summed E-state index contributed by atoms with van der Waals surface area (Å²) >= 11 is 0. The predicted octanol–water partition coefficient (Wildman–Crippen LogP) is 0.546. The quantitative estimate of drug-likeness (QED) is 0.771. The second-order valence-corrected chi connectivity index (χ2v) is 3.85. The van der Waals surface area contributed by atoms with E-state index in [4.69, 9.17) is 10.3 Å². The fourth-order valence-corrected chi connectivity index (χ4v) is 1.96. The van der Waals surface area contributed by atoms with Gasteiger partial charge in [0.25, 0.3) is 5.91 Å². The number of nitrogens with two attached hydrogens (primary N) is 1. The molecule has 0 aromatic carbocycles. The van der Waals surface area contributed by atoms with Crippen LogP contribution in [0, 0.1) is 6.92 Å². The maximum absolute atomic E-state index is 12.0. The molecule has 0 radical (unpaired) electrons. The van der Waals surface area contributed by atoms with E-state index in [0.717, 1.165) is 19.4 Å². The molecule has 1 saturated heterocycles. The summed E-state index contributed by atoms with van der Waals surface area (Å²) in [5, 5.41) is 3.72. The average molecular weight is 209 g/mol. The van der Waals surface area contributed by atoms with Gasteiger partial charge in [0.15, 0.2) is 5.69 Å². The number of nitrogens with zero attached hydrogens (tertiary/aromatic N) is 2. The van der Waals surface area contributed by atoms with Crippen molar-refractivity contribution in [3.8, 4) is 0 Å². The summed E-state index contributed by atoms with van der Waals surface area (Å²) in [4.78, 5) is 13.8. The van der Waals surface area contributed by atoms with E-state index in [9.17, 15) is 4.79 Å². The van der Waals surface area contributed by atoms with Gasteiger partial charge in [-0.2, -0.15) is 0 Å². The molecular formula is C10H15N3O2. The molecule has 1 aromatic rings. The number of hydrogen-bond acceptors (Lipinski definition) is 4. The number of carbonyl (C=O) groups excluding carboxylic acids is 1. The number of aromatic nitrogens is 1. The number of likely N-dealkylation sites (tertiary alicyclic amines) is 1. The molecule has 0 bridgehead atoms. The molecule has 5 nitrogen and oxygen atoms in total. The van der Waals surface area contributed by atoms with Gasteiger partial charge in [-0.3, -0.25) is 4.79 Å². The van der Waals surface area contributed by atoms with Gasteiger partial charge in [-0.25, -0.2) is 0 Å². The van der Waals surface area contributed by atoms with Gasteiger partial charge in [-0.15, -0.1) is 0 Å². The molecular weight excluding hydrogens is 194 g/mol. The van der Waals surface area contributed by atoms with E-state index in [1.165, 1.54) is 0 Å². The lowest BCUT2D eigenvalue weighted by atomic mass is 10.2. The van der Waals surface area contributed by atoms with Gasteiger partial charge < -0.3 is 15.2 Å². The summed E-state index contributed by atoms with van der Waals surface area (Å²) in [5.74, 6) is 0.585. The molecule has 1 aliphatic heterocycles. The third kappa shape index (κ3) is 1.87. The summed E-state index contributed by atoms with van der Waals surface area (Å²) in [6.45, 7) is 3.06. The first-order valence-electron chi connectivity index (χ1n) is 5.16. The maximum Gasteiger partial charge on any atom is 0.276 e. The Balaban J connectivity index is 2.13. The van der Waals surface area contributed by atoms with Gasteiger partial charge >= 0.3 is 0 Å². The Kier molecular flexibility index (Phi) is 2.73. The van der Waals surface area contributed by atoms with E-state index < -0.39 is 0 Å². The number of aryl methyl sites for hydroxylation is 1. The highest BCUT2D eigenvalue weighted by Crippen LogP contribution is 2.19. The lowest BCUT2D eigenvalue weighted by Crippen LogP contribution is -2.40. The Hall–Kier alpha value is -1.36. The molecule has 0 spiro atoms. The zero-order valence-electron chi connectivity index (χ0n) is 8.77. The molecule has 1 aromatic heterocycles. The van der Waals surface area contributed by atoms with Crippen LogP contribution in [0.15, 0.2) is 10.6 Å². The number of hydrogen-bond donors (Lipinski definition) is 1. The van der Waals surface area contributed by atoms with Crippen molar-refractivity contribution in [3.63, 3.8) is 0 Å². The molecule has 0 saturated carbocycles. The van der Waals surface area contributed by atoms with Crippen molar-refractivity contribution in [2.75, 3.05) is 13.1 Å². The third-order valence-electron chi connectivity index (χ3n) is 2.76. The van der Waals surface area contributed by atoms with Gasteiger partial charge in [-0.1, -0.05) is 5.16 Å². The van der Waals surface area contributed by atoms with Crippen LogP contribution in [0.2, 0.25) is 0 Å². The molecule has 5 heteroatoms. The molecule has 2 N–H and O–H groups in total. The number of amides is 1. The van der Waals surface area contributed by atoms with Crippen LogP contribution in [0.1, 0.15) is 29.1 Å². The summed E-state index contributed by atoms with van der Waals surface area (Å²) in [5.41, 5.74) is 5.99. The Bertz CT molecular complexity index is 361. The standard InChI is InChI=1S/C10H15N3O2/c1-7-5-9(12-15-7)10(14)13-4-2-3-8(13)6-11/h5,8H,2-4,6,11H2,1H3. The molecule has 0 aliphatic carbocycles. The first-order chi connectivity index (χ1) is 7.22. The van der Waals surface area contributed by atoms with Crippen molar-refractivity contribution in [1.82, 2.24) is 10.1 Å². The topological polar surface area (TPSA) is 72.4 Å². The third-order valence-corrected chi connectivity index (χ3v) is 2.76. The van der Waals surface area contributed by atoms with Crippen LogP contribution >= 0.6 is 0 Å². The zero-order chi connectivity index (χ0) is 10.8. The smallest absolute Gasteiger partial charge is 0.276 e. The van der Waals surface area contributed by atoms with Gasteiger partial charge in [0.05, 0.1) is 0 Å². The van der Waals surface area contributed by atoms with Gasteiger partial charge in [-0.05, 0) is 19.8 Å². The van der Waals surface area contributed by atoms with Crippen molar-refractivity contribution < 1.29 is 9.32 Å². The summed E-state index contributed by atoms with van der Waals surface area (Å²) in [7, 11) is 0. The van der Waals surface area contributed by atoms with Crippen molar-refractivity contribution >= 4 is 5.91 Å². The SMILES string of the molecule is Cc1cc(C(=O)N2CCCC2CN)no1. The average Bonchev–Trinajstić information content (AvgIpc) is 2.84. The van der Waals surface area contributed by atoms with Crippen molar-refractivity contribution in [2.24, 2.45) is 5.73 Å². The Morgan fingerprint density at radius 3 is 3.20 bits per heavy atom. The highest BCUT2D eigenvalue weighted by atomic mass is 16.5. The molecule has 1 fully saturated rings. The normalized spacial score (nSPS) is 20.9. The predicted molar refractivity (Wildman–Crippen MR) is 54.4 cm³/mol. The van der Waals surface area contributed by atoms with Crippen molar-refractivity contribution in [1.29, 1.82) is 0 Å². The minimum atomic E-state index is -0.0696. The van der Waals surface area contributed by atoms with E-state index in [1.54, 1.807) is 17.9 Å². The fourth-order valence-electron chi connectivity index (χ4n) is 1.96. The lowest BCUT2D eigenvalue weighted by molar-refractivity contribution is 0.0730. The Morgan fingerprint density at radius 1 is 1.80 bits per heavy atom. The maximum atomic E-state index is 12.0. The molecule has 1 unspecified atom stereocenters. The summed E-state index contributed by atoms with van der Waals surface area (Å²) in [6.07, 6.45) is 2.00. The van der Waals surface area contributed by atoms with E-state index >= 15 is 0 Å². The molecule has 1 aliphatic rings. The first-order valence-corrected chi connectivity index (χ1v) is 5.16. The first kappa shape index (κ1) is 10.2. The summed E-state index contributed by atoms with van der Waals surface area (Å²) < 4.78 is 4.89. The van der Waals surface area contributed by atoms with E-state index in [2.05, 4.69) is 5.16 Å². The Morgan fingerprint density at radius 2 is 2.60 bits per heavy atom. The van der Waals surface area contributed by atoms with Crippen molar-refractivity contribution in [2.45, 2.75) is 25.8 Å². The van der Waals surface area contributed by atoms with Crippen LogP contribution in [0.4, 0.5) is 0 Å². The Labute approximate surface area is 88.2 Å². The molecule has 2 rings (SSSR count). The zero-order valence-corrected chi connectivity index (χ0v) is 8.77. The van der Waals surface area contributed by atoms with E-state index in [1.807, 2.05) is 0 Å². The van der Waals surface area contributed by atoms with Crippen LogP contribution < -0.4 is 5.73 Å². The monoisotopic (exact) mass is 209 g/mol. The van der Waals surface area contributed by atoms with Gasteiger partial charge in [0.1, 0.15) is 5.76 Å². The van der Waals surface area contributed by atoms with Crippen molar-refractivity contribution in [3.05, 3.63) is 17.5 Å². The van der Waals surface area contributed by atoms with Crippen LogP contribution in [0.5, 0.6) is 0 Å². The van der Waals surface area contributed by atoms with Gasteiger partial charge in [0.2, 0.25) is 0 Å². The molecule has 15 heavy (non-hydrogen) atoms. The largest absolute Gasteiger partial charge is 0.361 e. The minimum absolute atomic E-state index is 0.0696. The lowest BCUT2D eigenvalue weighted by Gasteiger charge is -2.21. The van der Waals surface area contributed by atoms with Crippen LogP contribution in [-0.4, -0.2) is 35.1 Å². The highest BCUT2D eigenvalue weighted by Gasteiger charge is 2.29. The fraction of sp³-hybridized carbons (Fsp3) is 0.600. The van der Waals surface area contributed by atoms with E-state index in [-0.39, 0.29) is 11.9 Å². The number of carbonyl (C=O) groups is 1. The molecule has 1 amide bonds. The molecule has 1 atom stereocenters. The second-order valence-electron chi connectivity index (χ2n) is 3.85. The summed E-state index contributed by atoms with van der Waals surface area (Å²) in [6, 6.07) is 1.82. The number of rotatable bonds is 2. The minimum Gasteiger partial charge on any atom is -0.361 e. The van der Waals surface area contributed by atoms with Crippen LogP contribution in [0.3, 0.4) is 0 Å². The van der Waals surface area contributed by atoms with Crippen LogP contribution in [-0.2, 0) is 0 Å². The molecule has 2 heterocycles. The van der Waals surface area contributed by atoms with E-state index in [0.29, 0.717) is 18.0 Å². The van der Waals surface area contributed by atoms with Gasteiger partial charge in [0, 0.05) is 25.2 Å². The highest BCUT2D eigenvalue weighted by molar-refractivity contribution is 5.92. The molecule has 82 valence electrons.